The molecule has 120 valence electrons. The Balaban J connectivity index is 2.28. The number of hydrogen-bond donors (Lipinski definition) is 1. The van der Waals surface area contributed by atoms with E-state index in [4.69, 9.17) is 0 Å². The normalized spacial score (nSPS) is 10.3. The first-order valence-electron chi connectivity index (χ1n) is 6.42. The van der Waals surface area contributed by atoms with E-state index in [0.717, 1.165) is 17.1 Å². The molecule has 0 radical (unpaired) electrons. The molecule has 0 aliphatic heterocycles. The number of hydrogen-bond acceptors (Lipinski definition) is 7. The fraction of sp³-hybridized carbons (Fsp3) is 0.231. The van der Waals surface area contributed by atoms with Crippen LogP contribution < -0.4 is 5.32 Å². The summed E-state index contributed by atoms with van der Waals surface area (Å²) in [6.45, 7) is 3.23. The molecule has 1 heterocycles. The molecule has 0 saturated carbocycles. The third kappa shape index (κ3) is 3.66. The van der Waals surface area contributed by atoms with Gasteiger partial charge in [0.1, 0.15) is 5.56 Å². The second-order valence-electron chi connectivity index (χ2n) is 4.69. The molecule has 1 amide bonds. The zero-order valence-electron chi connectivity index (χ0n) is 12.2. The summed E-state index contributed by atoms with van der Waals surface area (Å²) in [5.41, 5.74) is -0.507. The van der Waals surface area contributed by atoms with Gasteiger partial charge in [-0.1, -0.05) is 0 Å². The summed E-state index contributed by atoms with van der Waals surface area (Å²) < 4.78 is 0. The van der Waals surface area contributed by atoms with Gasteiger partial charge in [-0.15, -0.1) is 11.3 Å². The van der Waals surface area contributed by atoms with Gasteiger partial charge in [0.2, 0.25) is 0 Å². The molecule has 0 unspecified atom stereocenters. The second-order valence-corrected chi connectivity index (χ2v) is 5.76. The number of nitro groups is 2. The van der Waals surface area contributed by atoms with Crippen molar-refractivity contribution in [1.29, 1.82) is 0 Å². The topological polar surface area (TPSA) is 128 Å². The number of aromatic nitrogens is 1. The maximum Gasteiger partial charge on any atom is 0.279 e. The van der Waals surface area contributed by atoms with Gasteiger partial charge < -0.3 is 5.32 Å². The summed E-state index contributed by atoms with van der Waals surface area (Å²) >= 11 is 1.43. The highest BCUT2D eigenvalue weighted by Crippen LogP contribution is 2.29. The lowest BCUT2D eigenvalue weighted by Crippen LogP contribution is -2.23. The van der Waals surface area contributed by atoms with Gasteiger partial charge >= 0.3 is 0 Å². The average molecular weight is 336 g/mol. The lowest BCUT2D eigenvalue weighted by Gasteiger charge is -2.05. The van der Waals surface area contributed by atoms with Gasteiger partial charge in [-0.3, -0.25) is 25.0 Å². The van der Waals surface area contributed by atoms with Crippen LogP contribution in [0, 0.1) is 34.1 Å². The Morgan fingerprint density at radius 2 is 1.78 bits per heavy atom. The lowest BCUT2D eigenvalue weighted by molar-refractivity contribution is -0.395. The van der Waals surface area contributed by atoms with Crippen LogP contribution in [0.15, 0.2) is 17.5 Å². The Kier molecular flexibility index (Phi) is 4.65. The average Bonchev–Trinajstić information content (AvgIpc) is 2.90. The van der Waals surface area contributed by atoms with Crippen molar-refractivity contribution in [3.8, 4) is 0 Å². The lowest BCUT2D eigenvalue weighted by atomic mass is 10.1. The number of thiazole rings is 1. The maximum absolute atomic E-state index is 12.1. The molecule has 2 rings (SSSR count). The summed E-state index contributed by atoms with van der Waals surface area (Å²) in [5.74, 6) is -0.637. The van der Waals surface area contributed by atoms with Crippen LogP contribution >= 0.6 is 11.3 Å². The molecule has 23 heavy (non-hydrogen) atoms. The SMILES string of the molecule is Cc1nc(CNC(=O)c2cc([N+](=O)[O-])c(C)c([N+](=O)[O-])c2)cs1. The molecule has 0 fully saturated rings. The minimum Gasteiger partial charge on any atom is -0.346 e. The number of benzene rings is 1. The van der Waals surface area contributed by atoms with Gasteiger partial charge in [-0.2, -0.15) is 0 Å². The zero-order valence-corrected chi connectivity index (χ0v) is 13.0. The quantitative estimate of drug-likeness (QED) is 0.660. The van der Waals surface area contributed by atoms with Gasteiger partial charge in [0.15, 0.2) is 0 Å². The highest BCUT2D eigenvalue weighted by molar-refractivity contribution is 7.09. The number of amides is 1. The number of nitro benzene ring substituents is 2. The Labute approximate surface area is 134 Å². The smallest absolute Gasteiger partial charge is 0.279 e. The van der Waals surface area contributed by atoms with Gasteiger partial charge in [-0.05, 0) is 13.8 Å². The molecule has 0 aliphatic carbocycles. The monoisotopic (exact) mass is 336 g/mol. The molecule has 0 bridgehead atoms. The Bertz CT molecular complexity index is 766. The molecule has 1 N–H and O–H groups in total. The highest BCUT2D eigenvalue weighted by Gasteiger charge is 2.25. The highest BCUT2D eigenvalue weighted by atomic mass is 32.1. The number of aryl methyl sites for hydroxylation is 1. The van der Waals surface area contributed by atoms with Crippen molar-refractivity contribution in [2.24, 2.45) is 0 Å². The minimum atomic E-state index is -0.747. The maximum atomic E-state index is 12.1. The zero-order chi connectivity index (χ0) is 17.1. The van der Waals surface area contributed by atoms with E-state index in [0.29, 0.717) is 5.69 Å². The molecular formula is C13H12N4O5S. The third-order valence-electron chi connectivity index (χ3n) is 3.11. The summed E-state index contributed by atoms with van der Waals surface area (Å²) in [5, 5.41) is 27.1. The van der Waals surface area contributed by atoms with Crippen molar-refractivity contribution in [3.05, 3.63) is 59.6 Å². The van der Waals surface area contributed by atoms with E-state index in [1.54, 1.807) is 5.38 Å². The molecule has 1 aromatic carbocycles. The van der Waals surface area contributed by atoms with E-state index in [-0.39, 0.29) is 17.7 Å². The number of rotatable bonds is 5. The molecule has 9 nitrogen and oxygen atoms in total. The van der Waals surface area contributed by atoms with Crippen LogP contribution in [0.2, 0.25) is 0 Å². The molecule has 10 heteroatoms. The van der Waals surface area contributed by atoms with Crippen LogP contribution in [0.4, 0.5) is 11.4 Å². The van der Waals surface area contributed by atoms with E-state index in [1.807, 2.05) is 6.92 Å². The van der Waals surface area contributed by atoms with Crippen LogP contribution in [-0.4, -0.2) is 20.7 Å². The molecule has 0 atom stereocenters. The van der Waals surface area contributed by atoms with Gasteiger partial charge in [-0.25, -0.2) is 4.98 Å². The second kappa shape index (κ2) is 6.48. The van der Waals surface area contributed by atoms with Gasteiger partial charge in [0, 0.05) is 17.5 Å². The first kappa shape index (κ1) is 16.5. The van der Waals surface area contributed by atoms with Gasteiger partial charge in [0.25, 0.3) is 17.3 Å². The fourth-order valence-corrected chi connectivity index (χ4v) is 2.57. The summed E-state index contributed by atoms with van der Waals surface area (Å²) in [6.07, 6.45) is 0. The molecule has 1 aromatic heterocycles. The van der Waals surface area contributed by atoms with Crippen molar-refractivity contribution in [2.75, 3.05) is 0 Å². The summed E-state index contributed by atoms with van der Waals surface area (Å²) in [4.78, 5) is 36.8. The van der Waals surface area contributed by atoms with Crippen molar-refractivity contribution in [1.82, 2.24) is 10.3 Å². The number of carbonyl (C=O) groups is 1. The molecular weight excluding hydrogens is 324 g/mol. The van der Waals surface area contributed by atoms with Crippen molar-refractivity contribution in [2.45, 2.75) is 20.4 Å². The largest absolute Gasteiger partial charge is 0.346 e. The van der Waals surface area contributed by atoms with Crippen molar-refractivity contribution < 1.29 is 14.6 Å². The molecule has 0 aliphatic rings. The number of carbonyl (C=O) groups excluding carboxylic acids is 1. The van der Waals surface area contributed by atoms with E-state index < -0.39 is 27.1 Å². The van der Waals surface area contributed by atoms with Crippen LogP contribution in [0.5, 0.6) is 0 Å². The van der Waals surface area contributed by atoms with Gasteiger partial charge in [0.05, 0.1) is 32.7 Å². The Hall–Kier alpha value is -2.88. The number of nitrogens with zero attached hydrogens (tertiary/aromatic N) is 3. The van der Waals surface area contributed by atoms with Crippen LogP contribution in [-0.2, 0) is 6.54 Å². The van der Waals surface area contributed by atoms with E-state index in [1.165, 1.54) is 18.3 Å². The van der Waals surface area contributed by atoms with E-state index >= 15 is 0 Å². The standard InChI is InChI=1S/C13H12N4O5S/c1-7-11(16(19)20)3-9(4-12(7)17(21)22)13(18)14-5-10-6-23-8(2)15-10/h3-4,6H,5H2,1-2H3,(H,14,18). The summed E-state index contributed by atoms with van der Waals surface area (Å²) in [7, 11) is 0. The predicted molar refractivity (Wildman–Crippen MR) is 82.5 cm³/mol. The summed E-state index contributed by atoms with van der Waals surface area (Å²) in [6, 6.07) is 2.06. The first-order chi connectivity index (χ1) is 10.8. The molecule has 2 aromatic rings. The van der Waals surface area contributed by atoms with Crippen molar-refractivity contribution >= 4 is 28.6 Å². The number of nitrogens with one attached hydrogen (secondary N) is 1. The van der Waals surface area contributed by atoms with E-state index in [2.05, 4.69) is 10.3 Å². The molecule has 0 spiro atoms. The van der Waals surface area contributed by atoms with Crippen LogP contribution in [0.25, 0.3) is 0 Å². The Morgan fingerprint density at radius 1 is 1.22 bits per heavy atom. The third-order valence-corrected chi connectivity index (χ3v) is 3.93. The Morgan fingerprint density at radius 3 is 2.22 bits per heavy atom. The van der Waals surface area contributed by atoms with Crippen LogP contribution in [0.1, 0.15) is 26.6 Å². The predicted octanol–water partition coefficient (Wildman–Crippen LogP) is 2.51. The first-order valence-corrected chi connectivity index (χ1v) is 7.30. The minimum absolute atomic E-state index is 0.0910. The fourth-order valence-electron chi connectivity index (χ4n) is 1.96. The van der Waals surface area contributed by atoms with Crippen molar-refractivity contribution in [3.63, 3.8) is 0 Å². The van der Waals surface area contributed by atoms with Crippen LogP contribution in [0.3, 0.4) is 0 Å². The van der Waals surface area contributed by atoms with E-state index in [9.17, 15) is 25.0 Å². The molecule has 0 saturated heterocycles.